The molecule has 1 aromatic carbocycles. The Morgan fingerprint density at radius 1 is 1.26 bits per heavy atom. The number of alkyl carbamates (subject to hydrolysis) is 2. The first kappa shape index (κ1) is 23.3. The zero-order valence-electron chi connectivity index (χ0n) is 19.7. The van der Waals surface area contributed by atoms with Gasteiger partial charge in [-0.1, -0.05) is 24.3 Å². The molecule has 2 N–H and O–H groups in total. The van der Waals surface area contributed by atoms with Crippen LogP contribution in [0.15, 0.2) is 48.7 Å². The van der Waals surface area contributed by atoms with Crippen LogP contribution in [-0.2, 0) is 9.47 Å². The second kappa shape index (κ2) is 10.1. The Balaban J connectivity index is 1.31. The van der Waals surface area contributed by atoms with Crippen LogP contribution in [0.3, 0.4) is 0 Å². The van der Waals surface area contributed by atoms with Crippen LogP contribution in [0.25, 0.3) is 17.2 Å². The summed E-state index contributed by atoms with van der Waals surface area (Å²) >= 11 is 0. The lowest BCUT2D eigenvalue weighted by Gasteiger charge is -2.46. The van der Waals surface area contributed by atoms with Crippen LogP contribution in [0, 0.1) is 23.6 Å². The number of hydrogen-bond acceptors (Lipinski definition) is 5. The number of fused-ring (bicyclic) bond motifs is 2. The summed E-state index contributed by atoms with van der Waals surface area (Å²) in [6.07, 6.45) is 8.42. The van der Waals surface area contributed by atoms with Gasteiger partial charge in [0.15, 0.2) is 0 Å². The van der Waals surface area contributed by atoms with E-state index in [4.69, 9.17) is 9.47 Å². The summed E-state index contributed by atoms with van der Waals surface area (Å²) in [5, 5.41) is 5.99. The molecule has 7 nitrogen and oxygen atoms in total. The van der Waals surface area contributed by atoms with Crippen molar-refractivity contribution in [2.24, 2.45) is 17.8 Å². The highest BCUT2D eigenvalue weighted by atomic mass is 19.1. The highest BCUT2D eigenvalue weighted by molar-refractivity contribution is 5.71. The number of nitrogens with one attached hydrogen (secondary N) is 2. The third kappa shape index (κ3) is 5.16. The highest BCUT2D eigenvalue weighted by Gasteiger charge is 2.50. The van der Waals surface area contributed by atoms with Crippen molar-refractivity contribution in [1.29, 1.82) is 0 Å². The number of carbonyl (C=O) groups is 2. The number of benzene rings is 1. The number of nitrogens with zero attached hydrogens (tertiary/aromatic N) is 1. The summed E-state index contributed by atoms with van der Waals surface area (Å²) in [7, 11) is 0. The van der Waals surface area contributed by atoms with Crippen LogP contribution >= 0.6 is 0 Å². The zero-order chi connectivity index (χ0) is 24.4. The van der Waals surface area contributed by atoms with Crippen molar-refractivity contribution in [3.05, 3.63) is 60.2 Å². The lowest BCUT2D eigenvalue weighted by atomic mass is 9.62. The maximum Gasteiger partial charge on any atom is 0.407 e. The minimum absolute atomic E-state index is 0.0681. The summed E-state index contributed by atoms with van der Waals surface area (Å²) in [5.41, 5.74) is 2.43. The average molecular weight is 480 g/mol. The Labute approximate surface area is 204 Å². The monoisotopic (exact) mass is 479 g/mol. The second-order valence-electron chi connectivity index (χ2n) is 9.57. The van der Waals surface area contributed by atoms with E-state index in [2.05, 4.69) is 21.7 Å². The summed E-state index contributed by atoms with van der Waals surface area (Å²) in [6, 6.07) is 10.3. The van der Waals surface area contributed by atoms with Crippen LogP contribution in [-0.4, -0.2) is 42.0 Å². The number of amides is 2. The summed E-state index contributed by atoms with van der Waals surface area (Å²) in [5.74, 6) is 0.545. The highest BCUT2D eigenvalue weighted by Crippen LogP contribution is 2.47. The number of aromatic nitrogens is 1. The van der Waals surface area contributed by atoms with Crippen molar-refractivity contribution in [1.82, 2.24) is 15.6 Å². The maximum atomic E-state index is 13.6. The minimum Gasteiger partial charge on any atom is -0.450 e. The summed E-state index contributed by atoms with van der Waals surface area (Å²) in [6.45, 7) is 2.14. The minimum atomic E-state index is -0.372. The Hall–Kier alpha value is -3.42. The number of pyridine rings is 1. The predicted octanol–water partition coefficient (Wildman–Crippen LogP) is 4.93. The predicted molar refractivity (Wildman–Crippen MR) is 129 cm³/mol. The molecular formula is C27H30FN3O4. The van der Waals surface area contributed by atoms with Crippen LogP contribution in [0.1, 0.15) is 38.3 Å². The molecule has 2 amide bonds. The molecule has 2 aliphatic carbocycles. The van der Waals surface area contributed by atoms with Gasteiger partial charge in [0, 0.05) is 23.7 Å². The molecule has 3 aliphatic rings. The molecule has 0 spiro atoms. The van der Waals surface area contributed by atoms with E-state index in [1.165, 1.54) is 12.1 Å². The molecule has 2 heterocycles. The molecule has 184 valence electrons. The Bertz CT molecular complexity index is 1110. The van der Waals surface area contributed by atoms with Gasteiger partial charge in [-0.05, 0) is 74.3 Å². The topological polar surface area (TPSA) is 89.5 Å². The molecule has 8 heteroatoms. The van der Waals surface area contributed by atoms with E-state index < -0.39 is 0 Å². The van der Waals surface area contributed by atoms with Gasteiger partial charge in [-0.25, -0.2) is 14.0 Å². The van der Waals surface area contributed by atoms with Gasteiger partial charge in [0.2, 0.25) is 0 Å². The van der Waals surface area contributed by atoms with Crippen molar-refractivity contribution in [2.45, 2.75) is 50.8 Å². The van der Waals surface area contributed by atoms with Gasteiger partial charge in [0.1, 0.15) is 11.9 Å². The fourth-order valence-corrected chi connectivity index (χ4v) is 5.93. The van der Waals surface area contributed by atoms with Crippen molar-refractivity contribution in [3.63, 3.8) is 0 Å². The second-order valence-corrected chi connectivity index (χ2v) is 9.57. The molecule has 0 bridgehead atoms. The number of halogens is 1. The number of ether oxygens (including phenoxy) is 2. The van der Waals surface area contributed by atoms with Crippen molar-refractivity contribution in [2.75, 3.05) is 6.61 Å². The lowest BCUT2D eigenvalue weighted by molar-refractivity contribution is 0.0181. The SMILES string of the molecule is CCOC(=O)N[C@@H]1CC[C@@H]2[C@@H](C1)C[C@H]1OC(=O)N[C@H]1[C@H]2C=Cc1ccc(-c2cccc(F)c2)cn1. The first-order valence-corrected chi connectivity index (χ1v) is 12.3. The molecule has 2 aromatic rings. The van der Waals surface area contributed by atoms with Crippen molar-refractivity contribution >= 4 is 18.3 Å². The van der Waals surface area contributed by atoms with Crippen LogP contribution < -0.4 is 10.6 Å². The van der Waals surface area contributed by atoms with E-state index >= 15 is 0 Å². The average Bonchev–Trinajstić information content (AvgIpc) is 3.22. The molecule has 0 radical (unpaired) electrons. The van der Waals surface area contributed by atoms with Gasteiger partial charge >= 0.3 is 12.2 Å². The zero-order valence-corrected chi connectivity index (χ0v) is 19.7. The van der Waals surface area contributed by atoms with E-state index in [0.29, 0.717) is 18.4 Å². The first-order valence-electron chi connectivity index (χ1n) is 12.3. The third-order valence-electron chi connectivity index (χ3n) is 7.46. The van der Waals surface area contributed by atoms with Crippen molar-refractivity contribution in [3.8, 4) is 11.1 Å². The Morgan fingerprint density at radius 3 is 2.91 bits per heavy atom. The molecule has 1 aliphatic heterocycles. The normalized spacial score (nSPS) is 29.6. The van der Waals surface area contributed by atoms with E-state index in [-0.39, 0.29) is 42.1 Å². The van der Waals surface area contributed by atoms with E-state index in [9.17, 15) is 14.0 Å². The molecule has 0 unspecified atom stereocenters. The number of rotatable bonds is 5. The lowest BCUT2D eigenvalue weighted by Crippen LogP contribution is -2.52. The van der Waals surface area contributed by atoms with Crippen LogP contribution in [0.4, 0.5) is 14.0 Å². The fourth-order valence-electron chi connectivity index (χ4n) is 5.93. The third-order valence-corrected chi connectivity index (χ3v) is 7.46. The first-order chi connectivity index (χ1) is 17.0. The van der Waals surface area contributed by atoms with Gasteiger partial charge < -0.3 is 20.1 Å². The van der Waals surface area contributed by atoms with Crippen LogP contribution in [0.5, 0.6) is 0 Å². The maximum absolute atomic E-state index is 13.6. The summed E-state index contributed by atoms with van der Waals surface area (Å²) < 4.78 is 24.2. The smallest absolute Gasteiger partial charge is 0.407 e. The molecule has 1 saturated heterocycles. The van der Waals surface area contributed by atoms with Crippen molar-refractivity contribution < 1.29 is 23.5 Å². The molecule has 6 atom stereocenters. The fraction of sp³-hybridized carbons (Fsp3) is 0.444. The van der Waals surface area contributed by atoms with Gasteiger partial charge in [-0.3, -0.25) is 4.98 Å². The Kier molecular flexibility index (Phi) is 6.70. The molecule has 2 saturated carbocycles. The van der Waals surface area contributed by atoms with Gasteiger partial charge in [0.05, 0.1) is 18.3 Å². The number of hydrogen-bond donors (Lipinski definition) is 2. The summed E-state index contributed by atoms with van der Waals surface area (Å²) in [4.78, 5) is 28.5. The van der Waals surface area contributed by atoms with Gasteiger partial charge in [0.25, 0.3) is 0 Å². The molecule has 5 rings (SSSR count). The van der Waals surface area contributed by atoms with Gasteiger partial charge in [-0.15, -0.1) is 0 Å². The van der Waals surface area contributed by atoms with Gasteiger partial charge in [-0.2, -0.15) is 0 Å². The quantitative estimate of drug-likeness (QED) is 0.635. The van der Waals surface area contributed by atoms with E-state index in [0.717, 1.165) is 42.5 Å². The molecule has 3 fully saturated rings. The molecule has 35 heavy (non-hydrogen) atoms. The number of carbonyl (C=O) groups excluding carboxylic acids is 2. The van der Waals surface area contributed by atoms with E-state index in [1.54, 1.807) is 19.2 Å². The van der Waals surface area contributed by atoms with Crippen LogP contribution in [0.2, 0.25) is 0 Å². The largest absolute Gasteiger partial charge is 0.450 e. The molecular weight excluding hydrogens is 449 g/mol. The van der Waals surface area contributed by atoms with E-state index in [1.807, 2.05) is 24.3 Å². The standard InChI is InChI=1S/C27H30FN3O4/c1-2-34-26(32)30-21-9-10-22-18(13-21)14-24-25(31-27(33)35-24)23(22)11-8-20-7-6-17(15-29-20)16-4-3-5-19(28)12-16/h3-8,11-12,15,18,21-25H,2,9-10,13-14H2,1H3,(H,30,32)(H,31,33)/t18-,21+,22+,23-,24+,25-/m0/s1. The molecule has 1 aromatic heterocycles. The Morgan fingerprint density at radius 2 is 2.14 bits per heavy atom.